The van der Waals surface area contributed by atoms with Gasteiger partial charge in [-0.15, -0.1) is 0 Å². The molecule has 1 aliphatic carbocycles. The number of hydrogen-bond acceptors (Lipinski definition) is 2. The number of aliphatic hydroxyl groups is 1. The highest BCUT2D eigenvalue weighted by atomic mass is 16.3. The highest BCUT2D eigenvalue weighted by molar-refractivity contribution is 4.94. The summed E-state index contributed by atoms with van der Waals surface area (Å²) in [5.74, 6) is 0. The maximum atomic E-state index is 9.04. The standard InChI is InChI=1S/C10H21NO/c1-3-4-10(5-6-10)8-11-7-9(2)12/h9,11-12H,3-8H2,1-2H3. The Hall–Kier alpha value is -0.0800. The minimum Gasteiger partial charge on any atom is -0.392 e. The van der Waals surface area contributed by atoms with Crippen LogP contribution in [0.2, 0.25) is 0 Å². The summed E-state index contributed by atoms with van der Waals surface area (Å²) in [6, 6.07) is 0. The summed E-state index contributed by atoms with van der Waals surface area (Å²) in [6.07, 6.45) is 5.19. The van der Waals surface area contributed by atoms with Crippen LogP contribution in [0.3, 0.4) is 0 Å². The lowest BCUT2D eigenvalue weighted by Crippen LogP contribution is -2.30. The molecule has 1 aliphatic rings. The van der Waals surface area contributed by atoms with Crippen LogP contribution < -0.4 is 5.32 Å². The average molecular weight is 171 g/mol. The predicted octanol–water partition coefficient (Wildman–Crippen LogP) is 1.54. The van der Waals surface area contributed by atoms with Crippen LogP contribution >= 0.6 is 0 Å². The van der Waals surface area contributed by atoms with Gasteiger partial charge in [0.2, 0.25) is 0 Å². The van der Waals surface area contributed by atoms with E-state index in [1.807, 2.05) is 6.92 Å². The SMILES string of the molecule is CCCC1(CNCC(C)O)CC1. The minimum absolute atomic E-state index is 0.206. The molecule has 72 valence electrons. The third kappa shape index (κ3) is 3.11. The Morgan fingerprint density at radius 3 is 2.58 bits per heavy atom. The number of aliphatic hydroxyl groups excluding tert-OH is 1. The van der Waals surface area contributed by atoms with Crippen molar-refractivity contribution < 1.29 is 5.11 Å². The van der Waals surface area contributed by atoms with Gasteiger partial charge >= 0.3 is 0 Å². The van der Waals surface area contributed by atoms with Crippen molar-refractivity contribution in [2.45, 2.75) is 45.6 Å². The molecule has 0 aromatic rings. The van der Waals surface area contributed by atoms with Gasteiger partial charge in [0, 0.05) is 13.1 Å². The molecule has 1 atom stereocenters. The summed E-state index contributed by atoms with van der Waals surface area (Å²) < 4.78 is 0. The smallest absolute Gasteiger partial charge is 0.0636 e. The van der Waals surface area contributed by atoms with E-state index in [0.717, 1.165) is 13.1 Å². The second-order valence-corrected chi connectivity index (χ2v) is 4.23. The number of rotatable bonds is 6. The Morgan fingerprint density at radius 1 is 1.50 bits per heavy atom. The Labute approximate surface area is 75.4 Å². The third-order valence-corrected chi connectivity index (χ3v) is 2.68. The van der Waals surface area contributed by atoms with Gasteiger partial charge in [-0.25, -0.2) is 0 Å². The molecule has 0 radical (unpaired) electrons. The first-order chi connectivity index (χ1) is 5.68. The molecule has 1 rings (SSSR count). The summed E-state index contributed by atoms with van der Waals surface area (Å²) in [5, 5.41) is 12.4. The largest absolute Gasteiger partial charge is 0.392 e. The zero-order valence-electron chi connectivity index (χ0n) is 8.27. The first kappa shape index (κ1) is 10.0. The highest BCUT2D eigenvalue weighted by Crippen LogP contribution is 2.48. The fourth-order valence-corrected chi connectivity index (χ4v) is 1.77. The fraction of sp³-hybridized carbons (Fsp3) is 1.00. The number of nitrogens with one attached hydrogen (secondary N) is 1. The topological polar surface area (TPSA) is 32.3 Å². The van der Waals surface area contributed by atoms with Gasteiger partial charge in [-0.1, -0.05) is 13.3 Å². The summed E-state index contributed by atoms with van der Waals surface area (Å²) >= 11 is 0. The zero-order chi connectivity index (χ0) is 9.03. The van der Waals surface area contributed by atoms with Crippen molar-refractivity contribution in [3.8, 4) is 0 Å². The second kappa shape index (κ2) is 4.24. The van der Waals surface area contributed by atoms with Gasteiger partial charge in [0.05, 0.1) is 6.10 Å². The number of hydrogen-bond donors (Lipinski definition) is 2. The van der Waals surface area contributed by atoms with Crippen molar-refractivity contribution in [2.24, 2.45) is 5.41 Å². The van der Waals surface area contributed by atoms with E-state index in [4.69, 9.17) is 5.11 Å². The first-order valence-corrected chi connectivity index (χ1v) is 5.07. The molecule has 0 amide bonds. The molecule has 0 aliphatic heterocycles. The van der Waals surface area contributed by atoms with Gasteiger partial charge in [-0.05, 0) is 31.6 Å². The molecular formula is C10H21NO. The molecule has 0 bridgehead atoms. The highest BCUT2D eigenvalue weighted by Gasteiger charge is 2.40. The second-order valence-electron chi connectivity index (χ2n) is 4.23. The van der Waals surface area contributed by atoms with Crippen molar-refractivity contribution in [3.63, 3.8) is 0 Å². The van der Waals surface area contributed by atoms with Gasteiger partial charge in [-0.3, -0.25) is 0 Å². The van der Waals surface area contributed by atoms with E-state index in [0.29, 0.717) is 5.41 Å². The maximum Gasteiger partial charge on any atom is 0.0636 e. The zero-order valence-corrected chi connectivity index (χ0v) is 8.27. The molecule has 0 saturated heterocycles. The van der Waals surface area contributed by atoms with E-state index in [9.17, 15) is 0 Å². The van der Waals surface area contributed by atoms with E-state index < -0.39 is 0 Å². The Morgan fingerprint density at radius 2 is 2.17 bits per heavy atom. The molecular weight excluding hydrogens is 150 g/mol. The van der Waals surface area contributed by atoms with Crippen molar-refractivity contribution in [1.82, 2.24) is 5.32 Å². The van der Waals surface area contributed by atoms with Crippen molar-refractivity contribution >= 4 is 0 Å². The summed E-state index contributed by atoms with van der Waals surface area (Å²) in [4.78, 5) is 0. The van der Waals surface area contributed by atoms with E-state index in [1.165, 1.54) is 25.7 Å². The van der Waals surface area contributed by atoms with E-state index in [1.54, 1.807) is 0 Å². The Kier molecular flexibility index (Phi) is 3.53. The van der Waals surface area contributed by atoms with E-state index in [-0.39, 0.29) is 6.10 Å². The van der Waals surface area contributed by atoms with Gasteiger partial charge < -0.3 is 10.4 Å². The summed E-state index contributed by atoms with van der Waals surface area (Å²) in [7, 11) is 0. The molecule has 1 fully saturated rings. The van der Waals surface area contributed by atoms with Gasteiger partial charge in [0.1, 0.15) is 0 Å². The molecule has 0 heterocycles. The van der Waals surface area contributed by atoms with Gasteiger partial charge in [0.15, 0.2) is 0 Å². The van der Waals surface area contributed by atoms with Crippen LogP contribution in [0.4, 0.5) is 0 Å². The van der Waals surface area contributed by atoms with E-state index >= 15 is 0 Å². The van der Waals surface area contributed by atoms with Crippen LogP contribution in [0.25, 0.3) is 0 Å². The molecule has 2 nitrogen and oxygen atoms in total. The normalized spacial score (nSPS) is 22.2. The monoisotopic (exact) mass is 171 g/mol. The Balaban J connectivity index is 2.06. The molecule has 12 heavy (non-hydrogen) atoms. The van der Waals surface area contributed by atoms with Crippen LogP contribution in [0.5, 0.6) is 0 Å². The van der Waals surface area contributed by atoms with Gasteiger partial charge in [0.25, 0.3) is 0 Å². The van der Waals surface area contributed by atoms with E-state index in [2.05, 4.69) is 12.2 Å². The quantitative estimate of drug-likeness (QED) is 0.635. The molecule has 2 N–H and O–H groups in total. The lowest BCUT2D eigenvalue weighted by atomic mass is 10.0. The van der Waals surface area contributed by atoms with Crippen LogP contribution in [0, 0.1) is 5.41 Å². The van der Waals surface area contributed by atoms with Crippen molar-refractivity contribution in [1.29, 1.82) is 0 Å². The van der Waals surface area contributed by atoms with Crippen molar-refractivity contribution in [3.05, 3.63) is 0 Å². The maximum absolute atomic E-state index is 9.04. The van der Waals surface area contributed by atoms with Crippen LogP contribution in [0.15, 0.2) is 0 Å². The molecule has 0 aromatic carbocycles. The first-order valence-electron chi connectivity index (χ1n) is 5.07. The lowest BCUT2D eigenvalue weighted by Gasteiger charge is -2.15. The average Bonchev–Trinajstić information content (AvgIpc) is 2.69. The third-order valence-electron chi connectivity index (χ3n) is 2.68. The summed E-state index contributed by atoms with van der Waals surface area (Å²) in [6.45, 7) is 5.92. The Bertz CT molecular complexity index is 130. The summed E-state index contributed by atoms with van der Waals surface area (Å²) in [5.41, 5.74) is 0.615. The van der Waals surface area contributed by atoms with Crippen LogP contribution in [-0.2, 0) is 0 Å². The molecule has 0 spiro atoms. The fourth-order valence-electron chi connectivity index (χ4n) is 1.77. The molecule has 0 aromatic heterocycles. The van der Waals surface area contributed by atoms with Crippen LogP contribution in [-0.4, -0.2) is 24.3 Å². The molecule has 2 heteroatoms. The van der Waals surface area contributed by atoms with Gasteiger partial charge in [-0.2, -0.15) is 0 Å². The lowest BCUT2D eigenvalue weighted by molar-refractivity contribution is 0.187. The minimum atomic E-state index is -0.206. The molecule has 1 unspecified atom stereocenters. The van der Waals surface area contributed by atoms with Crippen molar-refractivity contribution in [2.75, 3.05) is 13.1 Å². The predicted molar refractivity (Wildman–Crippen MR) is 51.1 cm³/mol. The van der Waals surface area contributed by atoms with Crippen LogP contribution in [0.1, 0.15) is 39.5 Å². The molecule has 1 saturated carbocycles.